The van der Waals surface area contributed by atoms with Crippen molar-refractivity contribution in [2.75, 3.05) is 25.2 Å². The second-order valence-corrected chi connectivity index (χ2v) is 12.3. The minimum absolute atomic E-state index is 0.000961. The summed E-state index contributed by atoms with van der Waals surface area (Å²) < 4.78 is 25.7. The zero-order chi connectivity index (χ0) is 19.2. The number of benzene rings is 1. The van der Waals surface area contributed by atoms with Crippen molar-refractivity contribution >= 4 is 33.4 Å². The van der Waals surface area contributed by atoms with Crippen LogP contribution in [0.25, 0.3) is 0 Å². The number of anilines is 1. The lowest BCUT2D eigenvalue weighted by molar-refractivity contribution is -0.113. The van der Waals surface area contributed by atoms with Crippen molar-refractivity contribution in [2.24, 2.45) is 17.8 Å². The molecule has 0 aromatic heterocycles. The van der Waals surface area contributed by atoms with Crippen LogP contribution in [0.4, 0.5) is 5.69 Å². The highest BCUT2D eigenvalue weighted by Gasteiger charge is 2.51. The van der Waals surface area contributed by atoms with Crippen LogP contribution in [0.3, 0.4) is 0 Å². The van der Waals surface area contributed by atoms with Crippen molar-refractivity contribution in [3.8, 4) is 0 Å². The molecule has 148 valence electrons. The molecule has 7 heteroatoms. The molecule has 27 heavy (non-hydrogen) atoms. The lowest BCUT2D eigenvalue weighted by atomic mass is 9.56. The zero-order valence-corrected chi connectivity index (χ0v) is 17.6. The van der Waals surface area contributed by atoms with Crippen LogP contribution in [0.15, 0.2) is 29.2 Å². The van der Waals surface area contributed by atoms with Gasteiger partial charge < -0.3 is 5.32 Å². The molecular formula is C20H28N2O3S2. The molecule has 0 radical (unpaired) electrons. The van der Waals surface area contributed by atoms with Crippen molar-refractivity contribution in [1.82, 2.24) is 4.31 Å². The maximum Gasteiger partial charge on any atom is 0.242 e. The fraction of sp³-hybridized carbons (Fsp3) is 0.650. The van der Waals surface area contributed by atoms with Crippen LogP contribution in [0.1, 0.15) is 38.5 Å². The number of hydrogen-bond donors (Lipinski definition) is 1. The Bertz CT molecular complexity index is 783. The van der Waals surface area contributed by atoms with Crippen LogP contribution in [-0.4, -0.2) is 43.2 Å². The highest BCUT2D eigenvalue weighted by atomic mass is 32.2. The first-order chi connectivity index (χ1) is 12.8. The second kappa shape index (κ2) is 7.08. The Hall–Kier alpha value is -1.05. The van der Waals surface area contributed by atoms with Gasteiger partial charge in [0.05, 0.1) is 10.6 Å². The highest BCUT2D eigenvalue weighted by molar-refractivity contribution is 8.01. The molecule has 4 saturated carbocycles. The summed E-state index contributed by atoms with van der Waals surface area (Å²) in [6.07, 6.45) is 8.09. The molecule has 1 amide bonds. The summed E-state index contributed by atoms with van der Waals surface area (Å²) in [7, 11) is -0.429. The predicted octanol–water partition coefficient (Wildman–Crippen LogP) is 3.58. The van der Waals surface area contributed by atoms with Crippen molar-refractivity contribution < 1.29 is 13.2 Å². The van der Waals surface area contributed by atoms with E-state index < -0.39 is 10.0 Å². The monoisotopic (exact) mass is 408 g/mol. The van der Waals surface area contributed by atoms with Gasteiger partial charge in [-0.25, -0.2) is 12.7 Å². The molecule has 0 unspecified atom stereocenters. The van der Waals surface area contributed by atoms with Crippen molar-refractivity contribution in [2.45, 2.75) is 48.2 Å². The summed E-state index contributed by atoms with van der Waals surface area (Å²) in [5.74, 6) is 3.14. The Morgan fingerprint density at radius 2 is 1.59 bits per heavy atom. The predicted molar refractivity (Wildman–Crippen MR) is 109 cm³/mol. The quantitative estimate of drug-likeness (QED) is 0.781. The molecule has 4 aliphatic rings. The van der Waals surface area contributed by atoms with Crippen LogP contribution < -0.4 is 5.32 Å². The Morgan fingerprint density at radius 3 is 2.07 bits per heavy atom. The fourth-order valence-corrected chi connectivity index (χ4v) is 8.02. The van der Waals surface area contributed by atoms with Gasteiger partial charge in [0.15, 0.2) is 0 Å². The molecule has 1 N–H and O–H groups in total. The molecule has 0 aliphatic heterocycles. The van der Waals surface area contributed by atoms with Gasteiger partial charge in [-0.3, -0.25) is 4.79 Å². The molecule has 4 fully saturated rings. The summed E-state index contributed by atoms with van der Waals surface area (Å²) in [6, 6.07) is 6.39. The molecular weight excluding hydrogens is 380 g/mol. The maximum absolute atomic E-state index is 12.4. The molecule has 1 aromatic carbocycles. The first-order valence-electron chi connectivity index (χ1n) is 9.72. The van der Waals surface area contributed by atoms with Gasteiger partial charge in [-0.2, -0.15) is 0 Å². The molecule has 5 rings (SSSR count). The Kier molecular flexibility index (Phi) is 5.06. The smallest absolute Gasteiger partial charge is 0.242 e. The minimum atomic E-state index is -3.44. The van der Waals surface area contributed by atoms with Crippen LogP contribution in [0.2, 0.25) is 0 Å². The van der Waals surface area contributed by atoms with Gasteiger partial charge in [-0.05, 0) is 80.5 Å². The summed E-state index contributed by atoms with van der Waals surface area (Å²) in [5.41, 5.74) is 0.642. The van der Waals surface area contributed by atoms with E-state index >= 15 is 0 Å². The number of thioether (sulfide) groups is 1. The molecule has 5 nitrogen and oxygen atoms in total. The number of sulfonamides is 1. The zero-order valence-electron chi connectivity index (χ0n) is 16.0. The number of nitrogens with zero attached hydrogens (tertiary/aromatic N) is 1. The normalized spacial score (nSPS) is 32.0. The first-order valence-corrected chi connectivity index (χ1v) is 12.1. The van der Waals surface area contributed by atoms with E-state index in [9.17, 15) is 13.2 Å². The van der Waals surface area contributed by atoms with Gasteiger partial charge in [-0.15, -0.1) is 11.8 Å². The number of carbonyl (C=O) groups is 1. The highest BCUT2D eigenvalue weighted by Crippen LogP contribution is 2.60. The lowest BCUT2D eigenvalue weighted by Gasteiger charge is -2.56. The third kappa shape index (κ3) is 3.91. The SMILES string of the molecule is CN(C)S(=O)(=O)c1ccc(NC(=O)CSC23CC4CC(CC(C4)C2)C3)cc1. The Labute approximate surface area is 166 Å². The van der Waals surface area contributed by atoms with Gasteiger partial charge in [-0.1, -0.05) is 0 Å². The van der Waals surface area contributed by atoms with E-state index in [0.717, 1.165) is 17.8 Å². The summed E-state index contributed by atoms with van der Waals surface area (Å²) in [6.45, 7) is 0. The molecule has 4 bridgehead atoms. The Morgan fingerprint density at radius 1 is 1.07 bits per heavy atom. The number of carbonyl (C=O) groups excluding carboxylic acids is 1. The molecule has 0 spiro atoms. The standard InChI is InChI=1S/C20H28N2O3S2/c1-22(2)27(24,25)18-5-3-17(4-6-18)21-19(23)13-26-20-10-14-7-15(11-20)9-16(8-14)12-20/h3-6,14-16H,7-13H2,1-2H3,(H,21,23). The molecule has 0 heterocycles. The second-order valence-electron chi connectivity index (χ2n) is 8.75. The third-order valence-electron chi connectivity index (χ3n) is 6.41. The third-order valence-corrected chi connectivity index (χ3v) is 9.76. The fourth-order valence-electron chi connectivity index (χ4n) is 5.54. The lowest BCUT2D eigenvalue weighted by Crippen LogP contribution is -2.49. The summed E-state index contributed by atoms with van der Waals surface area (Å²) >= 11 is 1.86. The van der Waals surface area contributed by atoms with E-state index in [1.165, 1.54) is 69.1 Å². The van der Waals surface area contributed by atoms with Gasteiger partial charge >= 0.3 is 0 Å². The number of nitrogens with one attached hydrogen (secondary N) is 1. The average Bonchev–Trinajstić information content (AvgIpc) is 2.59. The van der Waals surface area contributed by atoms with E-state index in [1.807, 2.05) is 11.8 Å². The van der Waals surface area contributed by atoms with Gasteiger partial charge in [0, 0.05) is 24.5 Å². The average molecular weight is 409 g/mol. The summed E-state index contributed by atoms with van der Waals surface area (Å²) in [5, 5.41) is 2.91. The van der Waals surface area contributed by atoms with Crippen molar-refractivity contribution in [3.63, 3.8) is 0 Å². The maximum atomic E-state index is 12.4. The number of hydrogen-bond acceptors (Lipinski definition) is 4. The van der Waals surface area contributed by atoms with Crippen LogP contribution >= 0.6 is 11.8 Å². The molecule has 1 aromatic rings. The molecule has 0 atom stereocenters. The Balaban J connectivity index is 1.34. The summed E-state index contributed by atoms with van der Waals surface area (Å²) in [4.78, 5) is 12.7. The molecule has 4 aliphatic carbocycles. The van der Waals surface area contributed by atoms with Gasteiger partial charge in [0.25, 0.3) is 0 Å². The number of rotatable bonds is 6. The topological polar surface area (TPSA) is 66.5 Å². The van der Waals surface area contributed by atoms with Crippen LogP contribution in [0.5, 0.6) is 0 Å². The van der Waals surface area contributed by atoms with Crippen LogP contribution in [0, 0.1) is 17.8 Å². The van der Waals surface area contributed by atoms with Crippen LogP contribution in [-0.2, 0) is 14.8 Å². The van der Waals surface area contributed by atoms with Gasteiger partial charge in [0.1, 0.15) is 0 Å². The van der Waals surface area contributed by atoms with E-state index in [1.54, 1.807) is 12.1 Å². The van der Waals surface area contributed by atoms with Crippen molar-refractivity contribution in [3.05, 3.63) is 24.3 Å². The van der Waals surface area contributed by atoms with E-state index in [2.05, 4.69) is 5.32 Å². The van der Waals surface area contributed by atoms with E-state index in [-0.39, 0.29) is 10.8 Å². The van der Waals surface area contributed by atoms with Gasteiger partial charge in [0.2, 0.25) is 15.9 Å². The van der Waals surface area contributed by atoms with E-state index in [4.69, 9.17) is 0 Å². The van der Waals surface area contributed by atoms with Crippen molar-refractivity contribution in [1.29, 1.82) is 0 Å². The first kappa shape index (κ1) is 19.3. The largest absolute Gasteiger partial charge is 0.325 e. The number of amides is 1. The minimum Gasteiger partial charge on any atom is -0.325 e. The van der Waals surface area contributed by atoms with E-state index in [0.29, 0.717) is 16.2 Å². The molecule has 0 saturated heterocycles.